The minimum atomic E-state index is -0.951. The maximum atomic E-state index is 11.7. The third kappa shape index (κ3) is 6.31. The van der Waals surface area contributed by atoms with Gasteiger partial charge in [0.2, 0.25) is 11.8 Å². The molecule has 2 amide bonds. The number of nitrogens with one attached hydrogen (secondary N) is 2. The Morgan fingerprint density at radius 1 is 1.14 bits per heavy atom. The summed E-state index contributed by atoms with van der Waals surface area (Å²) in [7, 11) is 0. The Morgan fingerprint density at radius 3 is 2.48 bits per heavy atom. The van der Waals surface area contributed by atoms with Crippen LogP contribution in [-0.2, 0) is 14.4 Å². The lowest BCUT2D eigenvalue weighted by Gasteiger charge is -2.11. The minimum absolute atomic E-state index is 0.0668. The normalized spacial score (nSPS) is 10.0. The lowest BCUT2D eigenvalue weighted by atomic mass is 10.1. The smallest absolute Gasteiger partial charge is 0.313 e. The topological polar surface area (TPSA) is 95.5 Å². The fraction of sp³-hybridized carbons (Fsp3) is 0.357. The van der Waals surface area contributed by atoms with Crippen molar-refractivity contribution in [3.05, 3.63) is 23.8 Å². The highest BCUT2D eigenvalue weighted by atomic mass is 32.2. The number of carboxylic acid groups (broad SMARTS) is 1. The first-order valence-corrected chi connectivity index (χ1v) is 7.57. The molecule has 0 saturated heterocycles. The highest BCUT2D eigenvalue weighted by Gasteiger charge is 2.08. The number of hydrogen-bond acceptors (Lipinski definition) is 4. The number of aryl methyl sites for hydroxylation is 1. The molecule has 6 nitrogen and oxygen atoms in total. The molecule has 0 saturated carbocycles. The van der Waals surface area contributed by atoms with Crippen molar-refractivity contribution in [2.24, 2.45) is 0 Å². The predicted molar refractivity (Wildman–Crippen MR) is 83.7 cm³/mol. The molecule has 0 atom stereocenters. The molecule has 1 rings (SSSR count). The summed E-state index contributed by atoms with van der Waals surface area (Å²) in [6.07, 6.45) is 0.376. The highest BCUT2D eigenvalue weighted by Crippen LogP contribution is 2.20. The van der Waals surface area contributed by atoms with E-state index in [2.05, 4.69) is 10.6 Å². The van der Waals surface area contributed by atoms with Gasteiger partial charge in [0.25, 0.3) is 0 Å². The molecule has 0 radical (unpaired) electrons. The number of carbonyl (C=O) groups excluding carboxylic acids is 2. The average Bonchev–Trinajstić information content (AvgIpc) is 2.42. The van der Waals surface area contributed by atoms with E-state index in [0.717, 1.165) is 17.3 Å². The van der Waals surface area contributed by atoms with E-state index in [1.54, 1.807) is 25.1 Å². The van der Waals surface area contributed by atoms with Crippen molar-refractivity contribution in [1.29, 1.82) is 0 Å². The second-order valence-electron chi connectivity index (χ2n) is 4.37. The van der Waals surface area contributed by atoms with Gasteiger partial charge in [0.1, 0.15) is 0 Å². The zero-order valence-corrected chi connectivity index (χ0v) is 12.8. The van der Waals surface area contributed by atoms with Crippen LogP contribution in [0.5, 0.6) is 0 Å². The lowest BCUT2D eigenvalue weighted by Crippen LogP contribution is -2.16. The number of aliphatic carboxylic acids is 1. The first-order chi connectivity index (χ1) is 9.92. The van der Waals surface area contributed by atoms with Crippen molar-refractivity contribution in [2.45, 2.75) is 20.3 Å². The van der Waals surface area contributed by atoms with Gasteiger partial charge in [0.05, 0.1) is 11.5 Å². The van der Waals surface area contributed by atoms with Crippen molar-refractivity contribution in [3.63, 3.8) is 0 Å². The van der Waals surface area contributed by atoms with E-state index >= 15 is 0 Å². The quantitative estimate of drug-likeness (QED) is 0.717. The van der Waals surface area contributed by atoms with Gasteiger partial charge in [0.15, 0.2) is 0 Å². The summed E-state index contributed by atoms with van der Waals surface area (Å²) < 4.78 is 0. The van der Waals surface area contributed by atoms with Gasteiger partial charge in [-0.15, -0.1) is 11.8 Å². The molecule has 1 aromatic rings. The van der Waals surface area contributed by atoms with Crippen molar-refractivity contribution < 1.29 is 19.5 Å². The lowest BCUT2D eigenvalue weighted by molar-refractivity contribution is -0.133. The number of benzene rings is 1. The summed E-state index contributed by atoms with van der Waals surface area (Å²) in [5.74, 6) is -1.37. The minimum Gasteiger partial charge on any atom is -0.481 e. The molecular weight excluding hydrogens is 292 g/mol. The summed E-state index contributed by atoms with van der Waals surface area (Å²) in [4.78, 5) is 33.4. The van der Waals surface area contributed by atoms with E-state index in [1.807, 2.05) is 6.92 Å². The van der Waals surface area contributed by atoms with E-state index in [4.69, 9.17) is 5.11 Å². The third-order valence-electron chi connectivity index (χ3n) is 2.58. The van der Waals surface area contributed by atoms with Crippen molar-refractivity contribution in [2.75, 3.05) is 22.1 Å². The molecule has 0 fully saturated rings. The van der Waals surface area contributed by atoms with Crippen LogP contribution in [0.25, 0.3) is 0 Å². The first-order valence-electron chi connectivity index (χ1n) is 6.42. The molecule has 0 aromatic heterocycles. The van der Waals surface area contributed by atoms with E-state index in [9.17, 15) is 14.4 Å². The predicted octanol–water partition coefficient (Wildman–Crippen LogP) is 2.10. The van der Waals surface area contributed by atoms with E-state index in [0.29, 0.717) is 17.8 Å². The number of rotatable bonds is 7. The Hall–Kier alpha value is -2.02. The van der Waals surface area contributed by atoms with Gasteiger partial charge >= 0.3 is 5.97 Å². The number of amides is 2. The molecule has 21 heavy (non-hydrogen) atoms. The Kier molecular flexibility index (Phi) is 6.74. The molecule has 0 aliphatic heterocycles. The Balaban J connectivity index is 2.64. The van der Waals surface area contributed by atoms with Crippen LogP contribution in [0.3, 0.4) is 0 Å². The summed E-state index contributed by atoms with van der Waals surface area (Å²) in [5.41, 5.74) is 2.08. The van der Waals surface area contributed by atoms with Crippen LogP contribution in [0.4, 0.5) is 11.4 Å². The fourth-order valence-corrected chi connectivity index (χ4v) is 2.04. The summed E-state index contributed by atoms with van der Waals surface area (Å²) >= 11 is 1.03. The molecule has 0 spiro atoms. The van der Waals surface area contributed by atoms with Crippen LogP contribution in [-0.4, -0.2) is 34.4 Å². The Morgan fingerprint density at radius 2 is 1.86 bits per heavy atom. The third-order valence-corrected chi connectivity index (χ3v) is 3.49. The van der Waals surface area contributed by atoms with E-state index in [-0.39, 0.29) is 23.3 Å². The number of thioether (sulfide) groups is 1. The van der Waals surface area contributed by atoms with Crippen molar-refractivity contribution in [3.8, 4) is 0 Å². The van der Waals surface area contributed by atoms with Crippen LogP contribution >= 0.6 is 11.8 Å². The average molecular weight is 310 g/mol. The highest BCUT2D eigenvalue weighted by molar-refractivity contribution is 8.00. The zero-order valence-electron chi connectivity index (χ0n) is 11.9. The summed E-state index contributed by atoms with van der Waals surface area (Å²) in [5, 5.41) is 13.9. The van der Waals surface area contributed by atoms with Gasteiger partial charge < -0.3 is 15.7 Å². The van der Waals surface area contributed by atoms with Gasteiger partial charge in [-0.1, -0.05) is 13.0 Å². The summed E-state index contributed by atoms with van der Waals surface area (Å²) in [6.45, 7) is 3.59. The molecule has 1 aromatic carbocycles. The van der Waals surface area contributed by atoms with Gasteiger partial charge in [-0.25, -0.2) is 0 Å². The number of carboxylic acids is 1. The van der Waals surface area contributed by atoms with Crippen molar-refractivity contribution in [1.82, 2.24) is 0 Å². The largest absolute Gasteiger partial charge is 0.481 e. The number of carbonyl (C=O) groups is 3. The summed E-state index contributed by atoms with van der Waals surface area (Å²) in [6, 6.07) is 5.24. The molecule has 7 heteroatoms. The number of hydrogen-bond donors (Lipinski definition) is 3. The van der Waals surface area contributed by atoms with Crippen LogP contribution in [0, 0.1) is 6.92 Å². The monoisotopic (exact) mass is 310 g/mol. The molecule has 0 aliphatic carbocycles. The maximum Gasteiger partial charge on any atom is 0.313 e. The second-order valence-corrected chi connectivity index (χ2v) is 5.35. The van der Waals surface area contributed by atoms with Crippen LogP contribution < -0.4 is 10.6 Å². The van der Waals surface area contributed by atoms with Crippen LogP contribution in [0.15, 0.2) is 18.2 Å². The Bertz CT molecular complexity index is 546. The van der Waals surface area contributed by atoms with Gasteiger partial charge in [-0.05, 0) is 24.6 Å². The maximum absolute atomic E-state index is 11.7. The molecule has 0 unspecified atom stereocenters. The SMILES string of the molecule is CCC(=O)Nc1ccc(C)c(NC(=O)CSCC(=O)O)c1. The van der Waals surface area contributed by atoms with Gasteiger partial charge in [-0.3, -0.25) is 14.4 Å². The molecular formula is C14H18N2O4S. The van der Waals surface area contributed by atoms with Gasteiger partial charge in [-0.2, -0.15) is 0 Å². The molecule has 0 heterocycles. The van der Waals surface area contributed by atoms with Crippen LogP contribution in [0.2, 0.25) is 0 Å². The Labute approximate surface area is 127 Å². The molecule has 114 valence electrons. The van der Waals surface area contributed by atoms with E-state index in [1.165, 1.54) is 0 Å². The van der Waals surface area contributed by atoms with Crippen molar-refractivity contribution >= 4 is 40.9 Å². The molecule has 0 bridgehead atoms. The standard InChI is InChI=1S/C14H18N2O4S/c1-3-12(17)15-10-5-4-9(2)11(6-10)16-13(18)7-21-8-14(19)20/h4-6H,3,7-8H2,1-2H3,(H,15,17)(H,16,18)(H,19,20). The second kappa shape index (κ2) is 8.31. The molecule has 0 aliphatic rings. The number of anilines is 2. The van der Waals surface area contributed by atoms with E-state index < -0.39 is 5.97 Å². The fourth-order valence-electron chi connectivity index (χ4n) is 1.50. The zero-order chi connectivity index (χ0) is 15.8. The first kappa shape index (κ1) is 17.0. The van der Waals surface area contributed by atoms with Gasteiger partial charge in [0, 0.05) is 17.8 Å². The van der Waals surface area contributed by atoms with Crippen LogP contribution in [0.1, 0.15) is 18.9 Å². The molecule has 3 N–H and O–H groups in total.